The minimum Gasteiger partial charge on any atom is -0.276 e. The second-order valence-corrected chi connectivity index (χ2v) is 7.41. The lowest BCUT2D eigenvalue weighted by Crippen LogP contribution is -2.09. The zero-order valence-electron chi connectivity index (χ0n) is 15.0. The van der Waals surface area contributed by atoms with Crippen molar-refractivity contribution < 1.29 is 13.2 Å². The van der Waals surface area contributed by atoms with E-state index in [2.05, 4.69) is 36.0 Å². The van der Waals surface area contributed by atoms with E-state index in [0.717, 1.165) is 17.5 Å². The molecule has 0 aliphatic rings. The Morgan fingerprint density at radius 1 is 1.10 bits per heavy atom. The average Bonchev–Trinajstić information content (AvgIpc) is 3.23. The Bertz CT molecular complexity index is 1180. The molecule has 0 unspecified atom stereocenters. The third-order valence-corrected chi connectivity index (χ3v) is 5.29. The number of nitrogens with zero attached hydrogens (tertiary/aromatic N) is 6. The molecule has 0 bridgehead atoms. The number of hydrogen-bond acceptors (Lipinski definition) is 4. The molecule has 0 saturated carbocycles. The van der Waals surface area contributed by atoms with Crippen LogP contribution in [-0.4, -0.2) is 29.1 Å². The van der Waals surface area contributed by atoms with Crippen LogP contribution in [0.5, 0.6) is 0 Å². The SMILES string of the molecule is CCc1ccc(Cn2nc(C(F)(F)F)nc2-c2nc3cc(Cl)ncn3c2Br)cc1. The number of halogens is 5. The first-order valence-electron chi connectivity index (χ1n) is 8.55. The summed E-state index contributed by atoms with van der Waals surface area (Å²) in [6.45, 7) is 2.14. The number of rotatable bonds is 4. The molecule has 0 aliphatic heterocycles. The molecule has 0 spiro atoms. The van der Waals surface area contributed by atoms with Gasteiger partial charge in [-0.1, -0.05) is 42.8 Å². The monoisotopic (exact) mass is 484 g/mol. The maximum absolute atomic E-state index is 13.3. The van der Waals surface area contributed by atoms with Crippen molar-refractivity contribution >= 4 is 33.2 Å². The van der Waals surface area contributed by atoms with Crippen LogP contribution in [0.2, 0.25) is 5.15 Å². The van der Waals surface area contributed by atoms with Crippen LogP contribution >= 0.6 is 27.5 Å². The van der Waals surface area contributed by atoms with Gasteiger partial charge in [0, 0.05) is 6.07 Å². The third kappa shape index (κ3) is 3.86. The lowest BCUT2D eigenvalue weighted by molar-refractivity contribution is -0.144. The summed E-state index contributed by atoms with van der Waals surface area (Å²) >= 11 is 9.26. The topological polar surface area (TPSA) is 60.9 Å². The summed E-state index contributed by atoms with van der Waals surface area (Å²) in [4.78, 5) is 12.1. The zero-order valence-corrected chi connectivity index (χ0v) is 17.3. The molecule has 0 radical (unpaired) electrons. The lowest BCUT2D eigenvalue weighted by Gasteiger charge is -2.06. The van der Waals surface area contributed by atoms with Crippen molar-refractivity contribution in [2.45, 2.75) is 26.1 Å². The van der Waals surface area contributed by atoms with E-state index in [0.29, 0.717) is 10.3 Å². The molecule has 6 nitrogen and oxygen atoms in total. The first-order valence-corrected chi connectivity index (χ1v) is 9.72. The van der Waals surface area contributed by atoms with Gasteiger partial charge in [-0.3, -0.25) is 4.40 Å². The van der Waals surface area contributed by atoms with Crippen molar-refractivity contribution in [2.24, 2.45) is 0 Å². The predicted molar refractivity (Wildman–Crippen MR) is 105 cm³/mol. The van der Waals surface area contributed by atoms with Crippen molar-refractivity contribution in [1.29, 1.82) is 0 Å². The van der Waals surface area contributed by atoms with Gasteiger partial charge in [-0.15, -0.1) is 5.10 Å². The first-order chi connectivity index (χ1) is 13.8. The van der Waals surface area contributed by atoms with Crippen molar-refractivity contribution in [3.8, 4) is 11.5 Å². The molecule has 150 valence electrons. The van der Waals surface area contributed by atoms with Crippen LogP contribution in [0.25, 0.3) is 17.2 Å². The fourth-order valence-electron chi connectivity index (χ4n) is 2.84. The van der Waals surface area contributed by atoms with E-state index in [1.54, 1.807) is 4.40 Å². The Morgan fingerprint density at radius 3 is 2.45 bits per heavy atom. The Hall–Kier alpha value is -2.46. The predicted octanol–water partition coefficient (Wildman–Crippen LogP) is 5.03. The highest BCUT2D eigenvalue weighted by molar-refractivity contribution is 9.10. The molecule has 0 aliphatic carbocycles. The second kappa shape index (κ2) is 7.42. The molecular formula is C18H13BrClF3N6. The van der Waals surface area contributed by atoms with Gasteiger partial charge in [0.05, 0.1) is 6.54 Å². The molecule has 1 aromatic carbocycles. The van der Waals surface area contributed by atoms with Crippen LogP contribution in [0.4, 0.5) is 13.2 Å². The van der Waals surface area contributed by atoms with Crippen molar-refractivity contribution in [3.05, 3.63) is 63.4 Å². The molecule has 0 atom stereocenters. The summed E-state index contributed by atoms with van der Waals surface area (Å²) < 4.78 is 43.0. The number of aryl methyl sites for hydroxylation is 1. The molecule has 0 N–H and O–H groups in total. The van der Waals surface area contributed by atoms with E-state index >= 15 is 0 Å². The zero-order chi connectivity index (χ0) is 20.8. The van der Waals surface area contributed by atoms with E-state index in [4.69, 9.17) is 11.6 Å². The van der Waals surface area contributed by atoms with Gasteiger partial charge in [-0.25, -0.2) is 19.6 Å². The lowest BCUT2D eigenvalue weighted by atomic mass is 10.1. The first kappa shape index (κ1) is 19.8. The standard InChI is InChI=1S/C18H13BrClF3N6/c1-2-10-3-5-11(6-4-10)8-29-16(26-17(27-29)18(21,22)23)14-15(19)28-9-24-12(20)7-13(28)25-14/h3-7,9H,2,8H2,1H3. The Labute approximate surface area is 176 Å². The highest BCUT2D eigenvalue weighted by Gasteiger charge is 2.38. The van der Waals surface area contributed by atoms with Gasteiger partial charge in [-0.2, -0.15) is 13.2 Å². The third-order valence-electron chi connectivity index (χ3n) is 4.33. The van der Waals surface area contributed by atoms with Crippen LogP contribution in [0.15, 0.2) is 41.3 Å². The quantitative estimate of drug-likeness (QED) is 0.380. The molecule has 29 heavy (non-hydrogen) atoms. The number of alkyl halides is 3. The fraction of sp³-hybridized carbons (Fsp3) is 0.222. The van der Waals surface area contributed by atoms with Crippen LogP contribution in [-0.2, 0) is 19.1 Å². The number of aromatic nitrogens is 6. The van der Waals surface area contributed by atoms with E-state index < -0.39 is 12.0 Å². The number of fused-ring (bicyclic) bond motifs is 1. The smallest absolute Gasteiger partial charge is 0.276 e. The van der Waals surface area contributed by atoms with Crippen LogP contribution < -0.4 is 0 Å². The average molecular weight is 486 g/mol. The fourth-order valence-corrected chi connectivity index (χ4v) is 3.52. The maximum atomic E-state index is 13.3. The van der Waals surface area contributed by atoms with Gasteiger partial charge in [0.15, 0.2) is 5.82 Å². The molecular weight excluding hydrogens is 473 g/mol. The van der Waals surface area contributed by atoms with Gasteiger partial charge in [-0.05, 0) is 33.5 Å². The number of imidazole rings is 1. The highest BCUT2D eigenvalue weighted by atomic mass is 79.9. The minimum absolute atomic E-state index is 0.0106. The van der Waals surface area contributed by atoms with E-state index in [9.17, 15) is 13.2 Å². The van der Waals surface area contributed by atoms with Gasteiger partial charge >= 0.3 is 6.18 Å². The van der Waals surface area contributed by atoms with Gasteiger partial charge < -0.3 is 0 Å². The number of hydrogen-bond donors (Lipinski definition) is 0. The van der Waals surface area contributed by atoms with Crippen LogP contribution in [0, 0.1) is 0 Å². The van der Waals surface area contributed by atoms with Crippen molar-refractivity contribution in [2.75, 3.05) is 0 Å². The number of benzene rings is 1. The van der Waals surface area contributed by atoms with Gasteiger partial charge in [0.2, 0.25) is 0 Å². The summed E-state index contributed by atoms with van der Waals surface area (Å²) in [7, 11) is 0. The summed E-state index contributed by atoms with van der Waals surface area (Å²) in [6.07, 6.45) is -2.38. The Morgan fingerprint density at radius 2 is 1.79 bits per heavy atom. The second-order valence-electron chi connectivity index (χ2n) is 6.28. The molecule has 11 heteroatoms. The Balaban J connectivity index is 1.83. The van der Waals surface area contributed by atoms with Gasteiger partial charge in [0.25, 0.3) is 5.82 Å². The summed E-state index contributed by atoms with van der Waals surface area (Å²) in [5.74, 6) is -1.23. The van der Waals surface area contributed by atoms with Crippen molar-refractivity contribution in [3.63, 3.8) is 0 Å². The molecule has 4 rings (SSSR count). The molecule has 0 fully saturated rings. The molecule has 0 saturated heterocycles. The summed E-state index contributed by atoms with van der Waals surface area (Å²) in [6, 6.07) is 9.10. The summed E-state index contributed by atoms with van der Waals surface area (Å²) in [5.41, 5.74) is 2.56. The van der Waals surface area contributed by atoms with Gasteiger partial charge in [0.1, 0.15) is 27.4 Å². The molecule has 0 amide bonds. The van der Waals surface area contributed by atoms with Crippen molar-refractivity contribution in [1.82, 2.24) is 29.1 Å². The largest absolute Gasteiger partial charge is 0.453 e. The maximum Gasteiger partial charge on any atom is 0.453 e. The normalized spacial score (nSPS) is 12.1. The molecule has 3 heterocycles. The van der Waals surface area contributed by atoms with Crippen LogP contribution in [0.3, 0.4) is 0 Å². The molecule has 3 aromatic heterocycles. The summed E-state index contributed by atoms with van der Waals surface area (Å²) in [5, 5.41) is 3.91. The van der Waals surface area contributed by atoms with Crippen LogP contribution in [0.1, 0.15) is 23.9 Å². The highest BCUT2D eigenvalue weighted by Crippen LogP contribution is 2.32. The van der Waals surface area contributed by atoms with E-state index in [1.807, 2.05) is 31.2 Å². The van der Waals surface area contributed by atoms with E-state index in [1.165, 1.54) is 17.1 Å². The molecule has 4 aromatic rings. The minimum atomic E-state index is -4.68. The Kier molecular flexibility index (Phi) is 5.07. The van der Waals surface area contributed by atoms with E-state index in [-0.39, 0.29) is 23.2 Å².